The highest BCUT2D eigenvalue weighted by atomic mass is 16.8. The van der Waals surface area contributed by atoms with Crippen molar-refractivity contribution in [2.24, 2.45) is 0 Å². The van der Waals surface area contributed by atoms with E-state index in [2.05, 4.69) is 24.5 Å². The summed E-state index contributed by atoms with van der Waals surface area (Å²) in [5.41, 5.74) is 0. The van der Waals surface area contributed by atoms with Gasteiger partial charge in [-0.3, -0.25) is 9.59 Å². The van der Waals surface area contributed by atoms with Crippen molar-refractivity contribution in [1.82, 2.24) is 10.6 Å². The van der Waals surface area contributed by atoms with Gasteiger partial charge < -0.3 is 100 Å². The van der Waals surface area contributed by atoms with Crippen molar-refractivity contribution in [2.75, 3.05) is 26.4 Å². The van der Waals surface area contributed by atoms with Crippen LogP contribution in [0.4, 0.5) is 0 Å². The number of carboxylic acids is 1. The molecular formula is C85H160N2O21. The Labute approximate surface area is 651 Å². The number of carbonyl (C=O) groups is 3. The van der Waals surface area contributed by atoms with Crippen LogP contribution >= 0.6 is 0 Å². The zero-order valence-electron chi connectivity index (χ0n) is 67.7. The summed E-state index contributed by atoms with van der Waals surface area (Å²) in [5, 5.41) is 137. The molecule has 3 fully saturated rings. The van der Waals surface area contributed by atoms with E-state index < -0.39 is 155 Å². The van der Waals surface area contributed by atoms with E-state index in [4.69, 9.17) is 28.4 Å². The van der Waals surface area contributed by atoms with E-state index in [1.165, 1.54) is 283 Å². The average Bonchev–Trinajstić information content (AvgIpc) is 0.753. The number of allylic oxidation sites excluding steroid dienone is 1. The lowest BCUT2D eigenvalue weighted by molar-refractivity contribution is -0.386. The first-order valence-corrected chi connectivity index (χ1v) is 44.1. The van der Waals surface area contributed by atoms with Crippen molar-refractivity contribution in [3.8, 4) is 0 Å². The van der Waals surface area contributed by atoms with Crippen LogP contribution in [0.1, 0.15) is 374 Å². The molecule has 23 heteroatoms. The van der Waals surface area contributed by atoms with E-state index in [1.54, 1.807) is 6.08 Å². The van der Waals surface area contributed by atoms with Crippen molar-refractivity contribution in [3.05, 3.63) is 12.2 Å². The Bertz CT molecular complexity index is 2190. The van der Waals surface area contributed by atoms with Crippen LogP contribution in [-0.2, 0) is 42.8 Å². The number of aliphatic carboxylic acids is 1. The van der Waals surface area contributed by atoms with E-state index in [0.717, 1.165) is 51.9 Å². The fraction of sp³-hybridized carbons (Fsp3) is 0.941. The maximum Gasteiger partial charge on any atom is 0.364 e. The number of nitrogens with one attached hydrogen (secondary N) is 2. The topological polar surface area (TPSA) is 373 Å². The Morgan fingerprint density at radius 1 is 0.481 bits per heavy atom. The first-order valence-electron chi connectivity index (χ1n) is 44.1. The molecule has 2 amide bonds. The van der Waals surface area contributed by atoms with Crippen molar-refractivity contribution >= 4 is 17.8 Å². The molecule has 0 spiro atoms. The maximum atomic E-state index is 13.6. The zero-order chi connectivity index (χ0) is 78.8. The van der Waals surface area contributed by atoms with Gasteiger partial charge in [0.15, 0.2) is 12.6 Å². The number of aliphatic hydroxyl groups excluding tert-OH is 11. The molecule has 3 rings (SSSR count). The Kier molecular flexibility index (Phi) is 58.8. The molecule has 0 aromatic carbocycles. The summed E-state index contributed by atoms with van der Waals surface area (Å²) in [6.07, 6.45) is 42.6. The summed E-state index contributed by atoms with van der Waals surface area (Å²) in [7, 11) is 0. The van der Waals surface area contributed by atoms with Crippen LogP contribution in [0.5, 0.6) is 0 Å². The third-order valence-electron chi connectivity index (χ3n) is 22.5. The molecule has 18 atom stereocenters. The van der Waals surface area contributed by atoms with Gasteiger partial charge in [-0.2, -0.15) is 0 Å². The lowest BCUT2D eigenvalue weighted by atomic mass is 9.88. The Balaban J connectivity index is 1.47. The minimum absolute atomic E-state index is 0.206. The number of hydrogen-bond donors (Lipinski definition) is 14. The summed E-state index contributed by atoms with van der Waals surface area (Å²) in [4.78, 5) is 38.8. The fourth-order valence-corrected chi connectivity index (χ4v) is 15.5. The second kappa shape index (κ2) is 63.7. The molecule has 3 aliphatic rings. The van der Waals surface area contributed by atoms with E-state index in [1.807, 2.05) is 6.08 Å². The van der Waals surface area contributed by atoms with Gasteiger partial charge in [-0.15, -0.1) is 0 Å². The van der Waals surface area contributed by atoms with Crippen molar-refractivity contribution < 1.29 is 104 Å². The lowest BCUT2D eigenvalue weighted by Gasteiger charge is -2.50. The summed E-state index contributed by atoms with van der Waals surface area (Å²) in [5.74, 6) is -6.13. The normalized spacial score (nSPS) is 25.9. The van der Waals surface area contributed by atoms with Crippen LogP contribution < -0.4 is 10.6 Å². The second-order valence-corrected chi connectivity index (χ2v) is 32.1. The summed E-state index contributed by atoms with van der Waals surface area (Å²) >= 11 is 0. The number of carboxylic acid groups (broad SMARTS) is 1. The van der Waals surface area contributed by atoms with Gasteiger partial charge in [-0.25, -0.2) is 4.79 Å². The van der Waals surface area contributed by atoms with Crippen LogP contribution in [0.25, 0.3) is 0 Å². The summed E-state index contributed by atoms with van der Waals surface area (Å²) in [6.45, 7) is 2.22. The number of aliphatic hydroxyl groups is 11. The quantitative estimate of drug-likeness (QED) is 0.0199. The van der Waals surface area contributed by atoms with Crippen LogP contribution in [0.2, 0.25) is 0 Å². The molecule has 0 radical (unpaired) electrons. The van der Waals surface area contributed by atoms with E-state index in [0.29, 0.717) is 12.8 Å². The number of amides is 2. The van der Waals surface area contributed by atoms with Gasteiger partial charge in [0.05, 0.1) is 50.7 Å². The van der Waals surface area contributed by atoms with Crippen LogP contribution in [0.3, 0.4) is 0 Å². The monoisotopic (exact) mass is 1550 g/mol. The molecule has 0 aliphatic carbocycles. The smallest absolute Gasteiger partial charge is 0.364 e. The molecule has 18 unspecified atom stereocenters. The van der Waals surface area contributed by atoms with E-state index in [-0.39, 0.29) is 12.3 Å². The highest BCUT2D eigenvalue weighted by Gasteiger charge is 2.60. The molecule has 0 bridgehead atoms. The zero-order valence-corrected chi connectivity index (χ0v) is 67.7. The number of unbranched alkanes of at least 4 members (excludes halogenated alkanes) is 51. The first-order chi connectivity index (χ1) is 52.4. The van der Waals surface area contributed by atoms with Crippen molar-refractivity contribution in [3.63, 3.8) is 0 Å². The fourth-order valence-electron chi connectivity index (χ4n) is 15.5. The van der Waals surface area contributed by atoms with Crippen LogP contribution in [0, 0.1) is 0 Å². The largest absolute Gasteiger partial charge is 0.477 e. The average molecular weight is 1550 g/mol. The predicted octanol–water partition coefficient (Wildman–Crippen LogP) is 13.3. The van der Waals surface area contributed by atoms with Crippen LogP contribution in [0.15, 0.2) is 12.2 Å². The third-order valence-corrected chi connectivity index (χ3v) is 22.5. The number of carbonyl (C=O) groups excluding carboxylic acids is 2. The number of hydrogen-bond acceptors (Lipinski definition) is 20. The predicted molar refractivity (Wildman–Crippen MR) is 422 cm³/mol. The van der Waals surface area contributed by atoms with Crippen molar-refractivity contribution in [1.29, 1.82) is 0 Å². The minimum atomic E-state index is -3.08. The Hall–Kier alpha value is -2.53. The summed E-state index contributed by atoms with van der Waals surface area (Å²) < 4.78 is 35.0. The SMILES string of the molecule is CCCCCCCCCCCCCCCCCCCCCCC/C=C/C(O)C(COC1OC(CO)C(OC2OC(CO)C(O)C(OC3(C(=O)O)CC(O)C(NC(C)=O)C(C(O)C(O)CO)O3)C2O)C(O)C1O)NC(=O)CCCCCCCCCCCCCCCCCCCCCCCCCCCCCCCCC. The standard InChI is InChI=1S/C85H160N2O21/c1-4-6-8-10-12-14-16-18-20-22-24-26-28-29-30-31-32-33-34-35-37-39-41-43-45-47-49-51-53-55-57-59-72(95)87-66(67(92)58-56-54-52-50-48-46-44-42-40-38-36-27-25-23-21-19-17-15-13-11-9-7-5-2)64-103-82-77(99)76(98)79(71(63-90)105-82)106-83-78(100)81(75(97)70(62-89)104-83)108-85(84(101)102)60-68(93)73(86-65(3)91)80(107-85)74(96)69(94)61-88/h56,58,66-71,73-83,88-90,92-94,96-100H,4-55,57,59-64H2,1-3H3,(H,86,91)(H,87,95)(H,101,102)/b58-56+. The first kappa shape index (κ1) is 99.7. The highest BCUT2D eigenvalue weighted by Crippen LogP contribution is 2.39. The summed E-state index contributed by atoms with van der Waals surface area (Å²) in [6, 6.07) is -2.62. The van der Waals surface area contributed by atoms with E-state index >= 15 is 0 Å². The molecular weight excluding hydrogens is 1380 g/mol. The van der Waals surface area contributed by atoms with Crippen molar-refractivity contribution in [2.45, 2.75) is 484 Å². The van der Waals surface area contributed by atoms with Gasteiger partial charge in [-0.1, -0.05) is 347 Å². The second-order valence-electron chi connectivity index (χ2n) is 32.1. The molecule has 0 saturated carbocycles. The molecule has 23 nitrogen and oxygen atoms in total. The minimum Gasteiger partial charge on any atom is -0.477 e. The number of rotatable bonds is 71. The molecule has 0 aromatic heterocycles. The van der Waals surface area contributed by atoms with Gasteiger partial charge in [-0.05, 0) is 19.3 Å². The third kappa shape index (κ3) is 42.7. The van der Waals surface area contributed by atoms with Gasteiger partial charge in [0.25, 0.3) is 5.79 Å². The van der Waals surface area contributed by atoms with Gasteiger partial charge >= 0.3 is 5.97 Å². The molecule has 636 valence electrons. The van der Waals surface area contributed by atoms with Gasteiger partial charge in [0.1, 0.15) is 67.1 Å². The Morgan fingerprint density at radius 3 is 1.23 bits per heavy atom. The Morgan fingerprint density at radius 2 is 0.861 bits per heavy atom. The molecule has 0 aromatic rings. The van der Waals surface area contributed by atoms with Crippen LogP contribution in [-0.4, -0.2) is 215 Å². The molecule has 14 N–H and O–H groups in total. The van der Waals surface area contributed by atoms with Gasteiger partial charge in [0.2, 0.25) is 11.8 Å². The number of ether oxygens (including phenoxy) is 6. The lowest BCUT2D eigenvalue weighted by Crippen LogP contribution is -2.70. The molecule has 108 heavy (non-hydrogen) atoms. The molecule has 3 aliphatic heterocycles. The highest BCUT2D eigenvalue weighted by molar-refractivity contribution is 5.77. The molecule has 3 heterocycles. The maximum absolute atomic E-state index is 13.6. The van der Waals surface area contributed by atoms with E-state index in [9.17, 15) is 75.7 Å². The van der Waals surface area contributed by atoms with Gasteiger partial charge in [0, 0.05) is 19.8 Å². The molecule has 3 saturated heterocycles.